The number of aryl methyl sites for hydroxylation is 3. The van der Waals surface area contributed by atoms with Gasteiger partial charge < -0.3 is 9.88 Å². The quantitative estimate of drug-likeness (QED) is 0.873. The van der Waals surface area contributed by atoms with Crippen LogP contribution in [0.15, 0.2) is 24.5 Å². The Labute approximate surface area is 128 Å². The van der Waals surface area contributed by atoms with Gasteiger partial charge in [-0.15, -0.1) is 0 Å². The molecule has 0 saturated heterocycles. The van der Waals surface area contributed by atoms with Crippen molar-refractivity contribution in [3.05, 3.63) is 52.6 Å². The molecule has 0 amide bonds. The van der Waals surface area contributed by atoms with Crippen molar-refractivity contribution in [1.82, 2.24) is 14.9 Å². The molecule has 2 aromatic rings. The molecular weight excluding hydrogens is 258 g/mol. The van der Waals surface area contributed by atoms with Gasteiger partial charge in [0.15, 0.2) is 0 Å². The van der Waals surface area contributed by atoms with Crippen LogP contribution in [0.2, 0.25) is 0 Å². The fourth-order valence-corrected chi connectivity index (χ4v) is 2.74. The minimum Gasteiger partial charge on any atom is -0.333 e. The van der Waals surface area contributed by atoms with Gasteiger partial charge in [-0.2, -0.15) is 0 Å². The Morgan fingerprint density at radius 1 is 1.10 bits per heavy atom. The lowest BCUT2D eigenvalue weighted by molar-refractivity contribution is 0.458. The lowest BCUT2D eigenvalue weighted by Crippen LogP contribution is -2.26. The van der Waals surface area contributed by atoms with E-state index in [9.17, 15) is 0 Å². The van der Waals surface area contributed by atoms with Gasteiger partial charge >= 0.3 is 0 Å². The van der Waals surface area contributed by atoms with Gasteiger partial charge in [0.1, 0.15) is 0 Å². The summed E-state index contributed by atoms with van der Waals surface area (Å²) in [6.07, 6.45) is 3.09. The average molecular weight is 285 g/mol. The molecule has 2 rings (SSSR count). The van der Waals surface area contributed by atoms with E-state index in [1.807, 2.05) is 6.33 Å². The summed E-state index contributed by atoms with van der Waals surface area (Å²) in [4.78, 5) is 4.41. The minimum atomic E-state index is 0.329. The zero-order valence-corrected chi connectivity index (χ0v) is 13.9. The van der Waals surface area contributed by atoms with Gasteiger partial charge in [-0.3, -0.25) is 0 Å². The number of benzene rings is 1. The fraction of sp³-hybridized carbons (Fsp3) is 0.500. The number of nitrogens with one attached hydrogen (secondary N) is 1. The molecule has 3 heteroatoms. The lowest BCUT2D eigenvalue weighted by atomic mass is 10.0. The Morgan fingerprint density at radius 3 is 2.29 bits per heavy atom. The molecule has 1 aromatic carbocycles. The molecule has 3 nitrogen and oxygen atoms in total. The molecule has 1 heterocycles. The Hall–Kier alpha value is -1.61. The highest BCUT2D eigenvalue weighted by atomic mass is 15.1. The van der Waals surface area contributed by atoms with E-state index in [0.717, 1.165) is 25.2 Å². The van der Waals surface area contributed by atoms with Gasteiger partial charge in [0, 0.05) is 12.2 Å². The van der Waals surface area contributed by atoms with Gasteiger partial charge in [0.2, 0.25) is 0 Å². The van der Waals surface area contributed by atoms with Crippen LogP contribution in [0.3, 0.4) is 0 Å². The number of hydrogen-bond acceptors (Lipinski definition) is 2. The second kappa shape index (κ2) is 6.90. The molecule has 0 aliphatic heterocycles. The van der Waals surface area contributed by atoms with Gasteiger partial charge in [0.05, 0.1) is 18.1 Å². The molecule has 1 unspecified atom stereocenters. The summed E-state index contributed by atoms with van der Waals surface area (Å²) in [5.41, 5.74) is 6.39. The zero-order valence-electron chi connectivity index (χ0n) is 13.9. The molecule has 1 N–H and O–H groups in total. The summed E-state index contributed by atoms with van der Waals surface area (Å²) >= 11 is 0. The van der Waals surface area contributed by atoms with E-state index in [4.69, 9.17) is 0 Å². The summed E-state index contributed by atoms with van der Waals surface area (Å²) in [6, 6.07) is 7.14. The maximum Gasteiger partial charge on any atom is 0.0952 e. The Kier molecular flexibility index (Phi) is 5.18. The average Bonchev–Trinajstić information content (AvgIpc) is 2.74. The van der Waals surface area contributed by atoms with Crippen LogP contribution in [-0.4, -0.2) is 16.1 Å². The first-order chi connectivity index (χ1) is 10.0. The summed E-state index contributed by atoms with van der Waals surface area (Å²) in [5, 5.41) is 3.68. The normalized spacial score (nSPS) is 12.6. The van der Waals surface area contributed by atoms with Crippen molar-refractivity contribution in [2.75, 3.05) is 6.54 Å². The third-order valence-electron chi connectivity index (χ3n) is 4.01. The molecule has 1 atom stereocenters. The molecule has 0 bridgehead atoms. The molecular formula is C18H27N3. The fourth-order valence-electron chi connectivity index (χ4n) is 2.74. The maximum absolute atomic E-state index is 4.41. The van der Waals surface area contributed by atoms with Crippen molar-refractivity contribution in [3.63, 3.8) is 0 Å². The minimum absolute atomic E-state index is 0.329. The SMILES string of the molecule is CCCNC(Cn1cnc(C)c1C)c1cc(C)cc(C)c1. The largest absolute Gasteiger partial charge is 0.333 e. The number of hydrogen-bond donors (Lipinski definition) is 1. The van der Waals surface area contributed by atoms with Crippen molar-refractivity contribution >= 4 is 0 Å². The predicted molar refractivity (Wildman–Crippen MR) is 88.7 cm³/mol. The Balaban J connectivity index is 2.27. The van der Waals surface area contributed by atoms with E-state index in [1.165, 1.54) is 22.4 Å². The standard InChI is InChI=1S/C18H27N3/c1-6-7-19-18(11-21-12-20-15(4)16(21)5)17-9-13(2)8-14(3)10-17/h8-10,12,18-19H,6-7,11H2,1-5H3. The van der Waals surface area contributed by atoms with E-state index < -0.39 is 0 Å². The van der Waals surface area contributed by atoms with E-state index >= 15 is 0 Å². The first kappa shape index (κ1) is 15.8. The molecule has 0 radical (unpaired) electrons. The molecule has 1 aromatic heterocycles. The third-order valence-corrected chi connectivity index (χ3v) is 4.01. The summed E-state index contributed by atoms with van der Waals surface area (Å²) < 4.78 is 2.25. The molecule has 114 valence electrons. The molecule has 0 saturated carbocycles. The predicted octanol–water partition coefficient (Wildman–Crippen LogP) is 3.86. The highest BCUT2D eigenvalue weighted by Crippen LogP contribution is 2.20. The number of imidazole rings is 1. The van der Waals surface area contributed by atoms with Gasteiger partial charge in [-0.25, -0.2) is 4.98 Å². The topological polar surface area (TPSA) is 29.9 Å². The molecule has 0 spiro atoms. The second-order valence-electron chi connectivity index (χ2n) is 6.00. The van der Waals surface area contributed by atoms with Gasteiger partial charge in [-0.1, -0.05) is 36.2 Å². The van der Waals surface area contributed by atoms with E-state index in [2.05, 4.69) is 67.7 Å². The van der Waals surface area contributed by atoms with Crippen molar-refractivity contribution in [3.8, 4) is 0 Å². The van der Waals surface area contributed by atoms with Crippen LogP contribution in [0.4, 0.5) is 0 Å². The smallest absolute Gasteiger partial charge is 0.0952 e. The van der Waals surface area contributed by atoms with Crippen molar-refractivity contribution in [2.24, 2.45) is 0 Å². The first-order valence-electron chi connectivity index (χ1n) is 7.81. The molecule has 0 aliphatic rings. The van der Waals surface area contributed by atoms with Crippen LogP contribution >= 0.6 is 0 Å². The number of aromatic nitrogens is 2. The first-order valence-corrected chi connectivity index (χ1v) is 7.81. The molecule has 0 aliphatic carbocycles. The van der Waals surface area contributed by atoms with E-state index in [-0.39, 0.29) is 0 Å². The molecule has 0 fully saturated rings. The van der Waals surface area contributed by atoms with Gasteiger partial charge in [-0.05, 0) is 46.2 Å². The van der Waals surface area contributed by atoms with E-state index in [1.54, 1.807) is 0 Å². The van der Waals surface area contributed by atoms with Crippen LogP contribution in [0.25, 0.3) is 0 Å². The third kappa shape index (κ3) is 3.94. The summed E-state index contributed by atoms with van der Waals surface area (Å²) in [5.74, 6) is 0. The van der Waals surface area contributed by atoms with E-state index in [0.29, 0.717) is 6.04 Å². The highest BCUT2D eigenvalue weighted by molar-refractivity contribution is 5.30. The Morgan fingerprint density at radius 2 is 1.76 bits per heavy atom. The van der Waals surface area contributed by atoms with Crippen LogP contribution < -0.4 is 5.32 Å². The number of rotatable bonds is 6. The monoisotopic (exact) mass is 285 g/mol. The van der Waals surface area contributed by atoms with Crippen LogP contribution in [-0.2, 0) is 6.54 Å². The summed E-state index contributed by atoms with van der Waals surface area (Å²) in [6.45, 7) is 12.7. The maximum atomic E-state index is 4.41. The van der Waals surface area contributed by atoms with Crippen molar-refractivity contribution in [2.45, 2.75) is 53.6 Å². The zero-order chi connectivity index (χ0) is 15.4. The van der Waals surface area contributed by atoms with Crippen molar-refractivity contribution < 1.29 is 0 Å². The lowest BCUT2D eigenvalue weighted by Gasteiger charge is -2.21. The molecule has 21 heavy (non-hydrogen) atoms. The van der Waals surface area contributed by atoms with Crippen LogP contribution in [0.1, 0.15) is 47.5 Å². The second-order valence-corrected chi connectivity index (χ2v) is 6.00. The van der Waals surface area contributed by atoms with Crippen LogP contribution in [0.5, 0.6) is 0 Å². The Bertz CT molecular complexity index is 578. The van der Waals surface area contributed by atoms with Crippen LogP contribution in [0, 0.1) is 27.7 Å². The summed E-state index contributed by atoms with van der Waals surface area (Å²) in [7, 11) is 0. The van der Waals surface area contributed by atoms with Gasteiger partial charge in [0.25, 0.3) is 0 Å². The highest BCUT2D eigenvalue weighted by Gasteiger charge is 2.14. The number of nitrogens with zero attached hydrogens (tertiary/aromatic N) is 2. The van der Waals surface area contributed by atoms with Crippen molar-refractivity contribution in [1.29, 1.82) is 0 Å².